The van der Waals surface area contributed by atoms with E-state index in [4.69, 9.17) is 0 Å². The third-order valence-electron chi connectivity index (χ3n) is 5.39. The molecule has 1 N–H and O–H groups in total. The van der Waals surface area contributed by atoms with Gasteiger partial charge in [0.05, 0.1) is 17.6 Å². The minimum absolute atomic E-state index is 0.282. The van der Waals surface area contributed by atoms with Crippen molar-refractivity contribution in [3.8, 4) is 11.5 Å². The van der Waals surface area contributed by atoms with Gasteiger partial charge in [-0.3, -0.25) is 15.0 Å². The van der Waals surface area contributed by atoms with E-state index in [1.807, 2.05) is 29.1 Å². The smallest absolute Gasteiger partial charge is 0.262 e. The van der Waals surface area contributed by atoms with E-state index >= 15 is 0 Å². The van der Waals surface area contributed by atoms with Crippen molar-refractivity contribution in [2.75, 3.05) is 18.4 Å². The second-order valence-corrected chi connectivity index (χ2v) is 8.41. The molecule has 0 aliphatic carbocycles. The maximum absolute atomic E-state index is 13.4. The quantitative estimate of drug-likeness (QED) is 0.515. The fraction of sp³-hybridized carbons (Fsp3) is 0.227. The molecule has 1 aliphatic rings. The van der Waals surface area contributed by atoms with Crippen molar-refractivity contribution in [1.82, 2.24) is 24.2 Å². The zero-order valence-corrected chi connectivity index (χ0v) is 17.8. The first-order valence-corrected chi connectivity index (χ1v) is 10.9. The van der Waals surface area contributed by atoms with Gasteiger partial charge in [-0.15, -0.1) is 11.3 Å². The van der Waals surface area contributed by atoms with Gasteiger partial charge in [0.2, 0.25) is 0 Å². The largest absolute Gasteiger partial charge is 0.308 e. The number of hydrogen-bond donors (Lipinski definition) is 1. The van der Waals surface area contributed by atoms with Crippen LogP contribution in [0.3, 0.4) is 0 Å². The number of halogens is 1. The molecule has 3 aromatic heterocycles. The van der Waals surface area contributed by atoms with Crippen LogP contribution in [-0.2, 0) is 13.0 Å². The number of amides is 1. The third kappa shape index (κ3) is 3.77. The predicted molar refractivity (Wildman–Crippen MR) is 118 cm³/mol. The van der Waals surface area contributed by atoms with Gasteiger partial charge in [-0.25, -0.2) is 14.1 Å². The number of carbonyl (C=O) groups is 1. The van der Waals surface area contributed by atoms with Crippen molar-refractivity contribution in [2.45, 2.75) is 19.9 Å². The second-order valence-electron chi connectivity index (χ2n) is 7.32. The normalized spacial score (nSPS) is 13.9. The standard InChI is InChI=1S/C22H21FN6OS/c1-2-27-12-9-18-19(14-27)31-22(25-18)26-20(30)17-13-24-29(16-7-5-15(23)6-8-16)21(17)28-10-3-4-11-28/h3-8,10-11,13H,2,9,12,14H2,1H3,(H,25,26,30). The summed E-state index contributed by atoms with van der Waals surface area (Å²) in [6.07, 6.45) is 6.11. The number of benzene rings is 1. The van der Waals surface area contributed by atoms with Crippen molar-refractivity contribution < 1.29 is 9.18 Å². The van der Waals surface area contributed by atoms with Crippen LogP contribution in [0, 0.1) is 5.82 Å². The molecule has 9 heteroatoms. The highest BCUT2D eigenvalue weighted by Crippen LogP contribution is 2.29. The summed E-state index contributed by atoms with van der Waals surface area (Å²) in [5, 5.41) is 7.96. The Balaban J connectivity index is 1.47. The summed E-state index contributed by atoms with van der Waals surface area (Å²) in [7, 11) is 0. The highest BCUT2D eigenvalue weighted by atomic mass is 32.1. The van der Waals surface area contributed by atoms with Gasteiger partial charge in [0.25, 0.3) is 5.91 Å². The first-order valence-electron chi connectivity index (χ1n) is 10.1. The van der Waals surface area contributed by atoms with Gasteiger partial charge in [-0.2, -0.15) is 5.10 Å². The first kappa shape index (κ1) is 19.7. The van der Waals surface area contributed by atoms with Gasteiger partial charge in [0.15, 0.2) is 10.9 Å². The molecule has 7 nitrogen and oxygen atoms in total. The minimum Gasteiger partial charge on any atom is -0.308 e. The maximum Gasteiger partial charge on any atom is 0.262 e. The molecule has 0 spiro atoms. The van der Waals surface area contributed by atoms with E-state index in [2.05, 4.69) is 27.2 Å². The Morgan fingerprint density at radius 1 is 1.23 bits per heavy atom. The Kier molecular flexibility index (Phi) is 5.13. The SMILES string of the molecule is CCN1CCc2nc(NC(=O)c3cnn(-c4ccc(F)cc4)c3-n3cccc3)sc2C1. The molecule has 5 rings (SSSR count). The first-order chi connectivity index (χ1) is 15.1. The van der Waals surface area contributed by atoms with Crippen LogP contribution >= 0.6 is 11.3 Å². The molecule has 0 bridgehead atoms. The summed E-state index contributed by atoms with van der Waals surface area (Å²) in [4.78, 5) is 21.4. The number of nitrogens with zero attached hydrogens (tertiary/aromatic N) is 5. The average Bonchev–Trinajstić information content (AvgIpc) is 3.52. The highest BCUT2D eigenvalue weighted by Gasteiger charge is 2.23. The lowest BCUT2D eigenvalue weighted by molar-refractivity contribution is 0.102. The number of anilines is 1. The van der Waals surface area contributed by atoms with E-state index in [9.17, 15) is 9.18 Å². The molecule has 31 heavy (non-hydrogen) atoms. The molecule has 1 amide bonds. The van der Waals surface area contributed by atoms with Gasteiger partial charge < -0.3 is 4.57 Å². The molecule has 0 saturated carbocycles. The van der Waals surface area contributed by atoms with Crippen molar-refractivity contribution in [3.05, 3.63) is 76.9 Å². The molecule has 4 aromatic rings. The molecule has 4 heterocycles. The van der Waals surface area contributed by atoms with Crippen LogP contribution in [0.15, 0.2) is 55.0 Å². The molecule has 1 aliphatic heterocycles. The van der Waals surface area contributed by atoms with E-state index in [0.29, 0.717) is 22.2 Å². The van der Waals surface area contributed by atoms with E-state index in [0.717, 1.165) is 31.7 Å². The number of thiazole rings is 1. The summed E-state index contributed by atoms with van der Waals surface area (Å²) in [6.45, 7) is 5.01. The van der Waals surface area contributed by atoms with Crippen molar-refractivity contribution in [2.24, 2.45) is 0 Å². The lowest BCUT2D eigenvalue weighted by Crippen LogP contribution is -2.29. The summed E-state index contributed by atoms with van der Waals surface area (Å²) in [5.74, 6) is -0.0335. The number of carbonyl (C=O) groups excluding carboxylic acids is 1. The van der Waals surface area contributed by atoms with Crippen LogP contribution in [-0.4, -0.2) is 43.2 Å². The summed E-state index contributed by atoms with van der Waals surface area (Å²) in [6, 6.07) is 9.75. The monoisotopic (exact) mass is 436 g/mol. The Labute approximate surface area is 182 Å². The molecule has 0 unspecified atom stereocenters. The summed E-state index contributed by atoms with van der Waals surface area (Å²) < 4.78 is 16.8. The molecule has 1 aromatic carbocycles. The van der Waals surface area contributed by atoms with Crippen LogP contribution in [0.4, 0.5) is 9.52 Å². The minimum atomic E-state index is -0.328. The number of fused-ring (bicyclic) bond motifs is 1. The van der Waals surface area contributed by atoms with Gasteiger partial charge >= 0.3 is 0 Å². The Bertz CT molecular complexity index is 1210. The number of hydrogen-bond acceptors (Lipinski definition) is 5. The molecule has 158 valence electrons. The molecule has 0 atom stereocenters. The highest BCUT2D eigenvalue weighted by molar-refractivity contribution is 7.15. The number of rotatable bonds is 5. The maximum atomic E-state index is 13.4. The molecular weight excluding hydrogens is 415 g/mol. The van der Waals surface area contributed by atoms with E-state index in [1.54, 1.807) is 16.8 Å². The second kappa shape index (κ2) is 8.09. The van der Waals surface area contributed by atoms with Crippen LogP contribution in [0.5, 0.6) is 0 Å². The van der Waals surface area contributed by atoms with Gasteiger partial charge in [-0.05, 0) is 42.9 Å². The van der Waals surface area contributed by atoms with Gasteiger partial charge in [0, 0.05) is 36.8 Å². The van der Waals surface area contributed by atoms with Crippen molar-refractivity contribution in [3.63, 3.8) is 0 Å². The Morgan fingerprint density at radius 3 is 2.74 bits per heavy atom. The molecular formula is C22H21FN6OS. The van der Waals surface area contributed by atoms with Gasteiger partial charge in [-0.1, -0.05) is 6.92 Å². The van der Waals surface area contributed by atoms with Gasteiger partial charge in [0.1, 0.15) is 11.4 Å². The lowest BCUT2D eigenvalue weighted by atomic mass is 10.2. The van der Waals surface area contributed by atoms with Crippen LogP contribution < -0.4 is 5.32 Å². The Hall–Kier alpha value is -3.30. The van der Waals surface area contributed by atoms with Crippen molar-refractivity contribution >= 4 is 22.4 Å². The topological polar surface area (TPSA) is 68.0 Å². The summed E-state index contributed by atoms with van der Waals surface area (Å²) in [5.41, 5.74) is 2.13. The van der Waals surface area contributed by atoms with Crippen LogP contribution in [0.25, 0.3) is 11.5 Å². The van der Waals surface area contributed by atoms with Crippen LogP contribution in [0.1, 0.15) is 27.9 Å². The zero-order chi connectivity index (χ0) is 21.4. The fourth-order valence-electron chi connectivity index (χ4n) is 3.73. The fourth-order valence-corrected chi connectivity index (χ4v) is 4.78. The molecule has 0 saturated heterocycles. The summed E-state index contributed by atoms with van der Waals surface area (Å²) >= 11 is 1.53. The zero-order valence-electron chi connectivity index (χ0n) is 17.0. The number of likely N-dealkylation sites (N-methyl/N-ethyl adjacent to an activating group) is 1. The van der Waals surface area contributed by atoms with Crippen molar-refractivity contribution in [1.29, 1.82) is 0 Å². The Morgan fingerprint density at radius 2 is 2.00 bits per heavy atom. The predicted octanol–water partition coefficient (Wildman–Crippen LogP) is 3.89. The lowest BCUT2D eigenvalue weighted by Gasteiger charge is -2.23. The van der Waals surface area contributed by atoms with E-state index < -0.39 is 0 Å². The van der Waals surface area contributed by atoms with Crippen LogP contribution in [0.2, 0.25) is 0 Å². The number of aromatic nitrogens is 4. The molecule has 0 fully saturated rings. The number of nitrogens with one attached hydrogen (secondary N) is 1. The van der Waals surface area contributed by atoms with E-state index in [1.165, 1.54) is 34.5 Å². The third-order valence-corrected chi connectivity index (χ3v) is 6.38. The molecule has 0 radical (unpaired) electrons. The average molecular weight is 437 g/mol. The van der Waals surface area contributed by atoms with E-state index in [-0.39, 0.29) is 11.7 Å².